The number of nitrogens with zero attached hydrogens (tertiary/aromatic N) is 1. The Bertz CT molecular complexity index is 924. The third kappa shape index (κ3) is 5.65. The van der Waals surface area contributed by atoms with Gasteiger partial charge in [-0.3, -0.25) is 4.79 Å². The first-order valence-electron chi connectivity index (χ1n) is 8.26. The van der Waals surface area contributed by atoms with Gasteiger partial charge in [0.25, 0.3) is 0 Å². The van der Waals surface area contributed by atoms with E-state index >= 15 is 0 Å². The van der Waals surface area contributed by atoms with Crippen LogP contribution < -0.4 is 10.1 Å². The second-order valence-corrected chi connectivity index (χ2v) is 6.56. The summed E-state index contributed by atoms with van der Waals surface area (Å²) in [5.74, 6) is -0.0654. The van der Waals surface area contributed by atoms with Crippen LogP contribution in [0.15, 0.2) is 60.0 Å². The lowest BCUT2D eigenvalue weighted by molar-refractivity contribution is -0.114. The van der Waals surface area contributed by atoms with Crippen molar-refractivity contribution in [3.8, 4) is 5.75 Å². The molecule has 0 unspecified atom stereocenters. The number of benzene rings is 2. The van der Waals surface area contributed by atoms with Crippen LogP contribution in [0.3, 0.4) is 0 Å². The Morgan fingerprint density at radius 2 is 1.89 bits per heavy atom. The van der Waals surface area contributed by atoms with Crippen LogP contribution in [0.4, 0.5) is 5.13 Å². The molecule has 0 atom stereocenters. The summed E-state index contributed by atoms with van der Waals surface area (Å²) in [6.45, 7) is 1.86. The monoisotopic (exact) mass is 382 g/mol. The summed E-state index contributed by atoms with van der Waals surface area (Å²) in [6.07, 6.45) is 0. The smallest absolute Gasteiger partial charge is 0.338 e. The molecule has 0 bridgehead atoms. The molecule has 0 fully saturated rings. The van der Waals surface area contributed by atoms with Crippen LogP contribution >= 0.6 is 11.3 Å². The SMILES string of the molecule is CC(=O)Nc1nc(COC(=O)c2cccc(OCc3ccccc3)c2)cs1. The molecule has 7 heteroatoms. The number of carbonyl (C=O) groups is 2. The van der Waals surface area contributed by atoms with Crippen molar-refractivity contribution in [1.82, 2.24) is 4.98 Å². The van der Waals surface area contributed by atoms with Crippen molar-refractivity contribution in [2.75, 3.05) is 5.32 Å². The molecule has 1 N–H and O–H groups in total. The van der Waals surface area contributed by atoms with E-state index in [0.29, 0.717) is 28.7 Å². The van der Waals surface area contributed by atoms with Crippen molar-refractivity contribution in [1.29, 1.82) is 0 Å². The molecule has 27 heavy (non-hydrogen) atoms. The lowest BCUT2D eigenvalue weighted by Crippen LogP contribution is -2.07. The van der Waals surface area contributed by atoms with E-state index < -0.39 is 5.97 Å². The molecule has 0 aliphatic carbocycles. The highest BCUT2D eigenvalue weighted by molar-refractivity contribution is 7.13. The third-order valence-corrected chi connectivity index (χ3v) is 4.31. The first kappa shape index (κ1) is 18.6. The summed E-state index contributed by atoms with van der Waals surface area (Å²) in [4.78, 5) is 27.4. The van der Waals surface area contributed by atoms with Crippen LogP contribution in [0, 0.1) is 0 Å². The van der Waals surface area contributed by atoms with Crippen LogP contribution in [-0.4, -0.2) is 16.9 Å². The number of thiazole rings is 1. The summed E-state index contributed by atoms with van der Waals surface area (Å²) in [6, 6.07) is 16.6. The molecule has 1 amide bonds. The van der Waals surface area contributed by atoms with Crippen molar-refractivity contribution >= 4 is 28.3 Å². The summed E-state index contributed by atoms with van der Waals surface area (Å²) < 4.78 is 11.0. The average molecular weight is 382 g/mol. The predicted octanol–water partition coefficient (Wildman–Crippen LogP) is 4.04. The molecule has 6 nitrogen and oxygen atoms in total. The molecular weight excluding hydrogens is 364 g/mol. The Labute approximate surface area is 160 Å². The highest BCUT2D eigenvalue weighted by Gasteiger charge is 2.11. The second kappa shape index (κ2) is 8.95. The van der Waals surface area contributed by atoms with Gasteiger partial charge in [0, 0.05) is 12.3 Å². The zero-order valence-electron chi connectivity index (χ0n) is 14.7. The number of carbonyl (C=O) groups excluding carboxylic acids is 2. The van der Waals surface area contributed by atoms with Gasteiger partial charge in [0.1, 0.15) is 19.0 Å². The van der Waals surface area contributed by atoms with Gasteiger partial charge in [0.2, 0.25) is 5.91 Å². The quantitative estimate of drug-likeness (QED) is 0.624. The topological polar surface area (TPSA) is 77.5 Å². The summed E-state index contributed by atoms with van der Waals surface area (Å²) >= 11 is 1.28. The van der Waals surface area contributed by atoms with E-state index in [1.807, 2.05) is 30.3 Å². The van der Waals surface area contributed by atoms with E-state index in [1.54, 1.807) is 29.6 Å². The standard InChI is InChI=1S/C20H18N2O4S/c1-14(23)21-20-22-17(13-27-20)12-26-19(24)16-8-5-9-18(10-16)25-11-15-6-3-2-4-7-15/h2-10,13H,11-12H2,1H3,(H,21,22,23). The maximum atomic E-state index is 12.3. The van der Waals surface area contributed by atoms with E-state index in [1.165, 1.54) is 18.3 Å². The number of amides is 1. The fourth-order valence-corrected chi connectivity index (χ4v) is 3.00. The molecule has 3 aromatic rings. The Morgan fingerprint density at radius 1 is 1.07 bits per heavy atom. The molecule has 0 spiro atoms. The summed E-state index contributed by atoms with van der Waals surface area (Å²) in [5, 5.41) is 4.80. The van der Waals surface area contributed by atoms with Crippen LogP contribution in [0.5, 0.6) is 5.75 Å². The minimum absolute atomic E-state index is 0.0318. The Hall–Kier alpha value is -3.19. The van der Waals surface area contributed by atoms with Gasteiger partial charge in [-0.2, -0.15) is 0 Å². The zero-order valence-corrected chi connectivity index (χ0v) is 15.5. The number of nitrogens with one attached hydrogen (secondary N) is 1. The van der Waals surface area contributed by atoms with Gasteiger partial charge in [-0.25, -0.2) is 9.78 Å². The predicted molar refractivity (Wildman–Crippen MR) is 103 cm³/mol. The number of hydrogen-bond donors (Lipinski definition) is 1. The average Bonchev–Trinajstić information content (AvgIpc) is 3.12. The number of rotatable bonds is 7. The van der Waals surface area contributed by atoms with E-state index in [9.17, 15) is 9.59 Å². The molecule has 0 aliphatic rings. The lowest BCUT2D eigenvalue weighted by Gasteiger charge is -2.08. The molecule has 1 aromatic heterocycles. The van der Waals surface area contributed by atoms with Crippen molar-refractivity contribution in [2.45, 2.75) is 20.1 Å². The van der Waals surface area contributed by atoms with Crippen molar-refractivity contribution in [3.63, 3.8) is 0 Å². The van der Waals surface area contributed by atoms with Gasteiger partial charge in [0.15, 0.2) is 5.13 Å². The Morgan fingerprint density at radius 3 is 2.67 bits per heavy atom. The molecule has 0 saturated heterocycles. The fraction of sp³-hybridized carbons (Fsp3) is 0.150. The van der Waals surface area contributed by atoms with Crippen LogP contribution in [0.2, 0.25) is 0 Å². The first-order chi connectivity index (χ1) is 13.1. The molecule has 138 valence electrons. The fourth-order valence-electron chi connectivity index (χ4n) is 2.26. The molecule has 1 heterocycles. The van der Waals surface area contributed by atoms with Crippen LogP contribution in [-0.2, 0) is 22.7 Å². The third-order valence-electron chi connectivity index (χ3n) is 3.50. The highest BCUT2D eigenvalue weighted by Crippen LogP contribution is 2.18. The van der Waals surface area contributed by atoms with Crippen molar-refractivity contribution in [3.05, 3.63) is 76.8 Å². The first-order valence-corrected chi connectivity index (χ1v) is 9.14. The lowest BCUT2D eigenvalue weighted by atomic mass is 10.2. The minimum Gasteiger partial charge on any atom is -0.489 e. The zero-order chi connectivity index (χ0) is 19.1. The maximum Gasteiger partial charge on any atom is 0.338 e. The number of hydrogen-bond acceptors (Lipinski definition) is 6. The highest BCUT2D eigenvalue weighted by atomic mass is 32.1. The van der Waals surface area contributed by atoms with Crippen molar-refractivity contribution in [2.24, 2.45) is 0 Å². The van der Waals surface area contributed by atoms with Crippen LogP contribution in [0.25, 0.3) is 0 Å². The molecule has 0 aliphatic heterocycles. The molecule has 0 saturated carbocycles. The van der Waals surface area contributed by atoms with E-state index in [-0.39, 0.29) is 12.5 Å². The number of ether oxygens (including phenoxy) is 2. The van der Waals surface area contributed by atoms with Gasteiger partial charge in [-0.15, -0.1) is 11.3 Å². The normalized spacial score (nSPS) is 10.3. The molecular formula is C20H18N2O4S. The molecule has 3 rings (SSSR count). The molecule has 0 radical (unpaired) electrons. The number of aromatic nitrogens is 1. The van der Waals surface area contributed by atoms with Crippen molar-refractivity contribution < 1.29 is 19.1 Å². The Kier molecular flexibility index (Phi) is 6.17. The maximum absolute atomic E-state index is 12.3. The minimum atomic E-state index is -0.464. The van der Waals surface area contributed by atoms with Gasteiger partial charge in [0.05, 0.1) is 11.3 Å². The van der Waals surface area contributed by atoms with Gasteiger partial charge < -0.3 is 14.8 Å². The van der Waals surface area contributed by atoms with Gasteiger partial charge in [-0.05, 0) is 23.8 Å². The number of anilines is 1. The van der Waals surface area contributed by atoms with Crippen LogP contribution in [0.1, 0.15) is 28.5 Å². The van der Waals surface area contributed by atoms with Gasteiger partial charge >= 0.3 is 5.97 Å². The Balaban J connectivity index is 1.55. The van der Waals surface area contributed by atoms with E-state index in [2.05, 4.69) is 10.3 Å². The summed E-state index contributed by atoms with van der Waals surface area (Å²) in [5.41, 5.74) is 2.02. The van der Waals surface area contributed by atoms with E-state index in [4.69, 9.17) is 9.47 Å². The molecule has 2 aromatic carbocycles. The number of esters is 1. The van der Waals surface area contributed by atoms with Gasteiger partial charge in [-0.1, -0.05) is 36.4 Å². The summed E-state index contributed by atoms with van der Waals surface area (Å²) in [7, 11) is 0. The second-order valence-electron chi connectivity index (χ2n) is 5.70. The largest absolute Gasteiger partial charge is 0.489 e. The van der Waals surface area contributed by atoms with E-state index in [0.717, 1.165) is 5.56 Å².